The zero-order chi connectivity index (χ0) is 13.9. The van der Waals surface area contributed by atoms with E-state index in [4.69, 9.17) is 15.3 Å². The average molecular weight is 271 g/mol. The van der Waals surface area contributed by atoms with Crippen LogP contribution in [0, 0.1) is 0 Å². The number of hydrazine groups is 1. The number of hydrogen-bond acceptors (Lipinski definition) is 5. The van der Waals surface area contributed by atoms with Crippen LogP contribution in [0.1, 0.15) is 32.6 Å². The van der Waals surface area contributed by atoms with Gasteiger partial charge in [-0.3, -0.25) is 15.1 Å². The fraction of sp³-hybridized carbons (Fsp3) is 0.923. The molecule has 0 aromatic heterocycles. The Labute approximate surface area is 114 Å². The van der Waals surface area contributed by atoms with Gasteiger partial charge in [-0.1, -0.05) is 0 Å². The fourth-order valence-electron chi connectivity index (χ4n) is 3.04. The molecule has 2 rings (SSSR count). The first-order chi connectivity index (χ1) is 9.06. The second-order valence-electron chi connectivity index (χ2n) is 5.83. The lowest BCUT2D eigenvalue weighted by molar-refractivity contribution is -0.133. The van der Waals surface area contributed by atoms with Crippen LogP contribution < -0.4 is 11.3 Å². The van der Waals surface area contributed by atoms with Crippen LogP contribution in [0.15, 0.2) is 0 Å². The van der Waals surface area contributed by atoms with E-state index in [0.29, 0.717) is 0 Å². The monoisotopic (exact) mass is 271 g/mol. The van der Waals surface area contributed by atoms with Gasteiger partial charge in [-0.05, 0) is 39.2 Å². The van der Waals surface area contributed by atoms with Gasteiger partial charge in [0, 0.05) is 20.2 Å². The Hall–Kier alpha value is -0.690. The summed E-state index contributed by atoms with van der Waals surface area (Å²) in [6.45, 7) is 5.02. The summed E-state index contributed by atoms with van der Waals surface area (Å²) in [6.07, 6.45) is 3.66. The second kappa shape index (κ2) is 6.17. The SMILES string of the molecule is COC1(C)CCCN(CC2CCC(C(=O)NN)O2)C1. The standard InChI is InChI=1S/C13H25N3O3/c1-13(18-2)6-3-7-16(9-13)8-10-4-5-11(19-10)12(17)15-14/h10-11H,3-9,14H2,1-2H3,(H,15,17). The van der Waals surface area contributed by atoms with Gasteiger partial charge in [0.05, 0.1) is 11.7 Å². The number of carbonyl (C=O) groups excluding carboxylic acids is 1. The number of methoxy groups -OCH3 is 1. The molecule has 0 saturated carbocycles. The highest BCUT2D eigenvalue weighted by Crippen LogP contribution is 2.26. The van der Waals surface area contributed by atoms with Gasteiger partial charge in [-0.2, -0.15) is 0 Å². The van der Waals surface area contributed by atoms with Gasteiger partial charge in [-0.25, -0.2) is 5.84 Å². The molecule has 110 valence electrons. The zero-order valence-electron chi connectivity index (χ0n) is 11.9. The van der Waals surface area contributed by atoms with Crippen LogP contribution in [0.3, 0.4) is 0 Å². The van der Waals surface area contributed by atoms with Crippen molar-refractivity contribution < 1.29 is 14.3 Å². The molecule has 19 heavy (non-hydrogen) atoms. The predicted molar refractivity (Wildman–Crippen MR) is 71.3 cm³/mol. The molecule has 2 heterocycles. The van der Waals surface area contributed by atoms with Crippen molar-refractivity contribution in [1.82, 2.24) is 10.3 Å². The minimum absolute atomic E-state index is 0.0507. The summed E-state index contributed by atoms with van der Waals surface area (Å²) in [7, 11) is 1.77. The number of nitrogens with two attached hydrogens (primary N) is 1. The van der Waals surface area contributed by atoms with Crippen LogP contribution >= 0.6 is 0 Å². The maximum Gasteiger partial charge on any atom is 0.263 e. The molecule has 6 nitrogen and oxygen atoms in total. The van der Waals surface area contributed by atoms with Crippen molar-refractivity contribution in [3.8, 4) is 0 Å². The average Bonchev–Trinajstić information content (AvgIpc) is 2.86. The van der Waals surface area contributed by atoms with Crippen molar-refractivity contribution in [1.29, 1.82) is 0 Å². The number of hydrogen-bond donors (Lipinski definition) is 2. The molecule has 2 aliphatic heterocycles. The number of ether oxygens (including phenoxy) is 2. The van der Waals surface area contributed by atoms with Crippen molar-refractivity contribution in [2.24, 2.45) is 5.84 Å². The molecule has 0 radical (unpaired) electrons. The molecule has 0 aromatic rings. The molecule has 0 aliphatic carbocycles. The summed E-state index contributed by atoms with van der Waals surface area (Å²) in [5.41, 5.74) is 2.11. The minimum atomic E-state index is -0.381. The normalized spacial score (nSPS) is 36.4. The maximum atomic E-state index is 11.4. The third kappa shape index (κ3) is 3.66. The van der Waals surface area contributed by atoms with E-state index in [9.17, 15) is 4.79 Å². The molecule has 3 atom stereocenters. The van der Waals surface area contributed by atoms with Gasteiger partial charge in [0.15, 0.2) is 0 Å². The molecule has 0 bridgehead atoms. The van der Waals surface area contributed by atoms with Crippen molar-refractivity contribution in [3.05, 3.63) is 0 Å². The van der Waals surface area contributed by atoms with Gasteiger partial charge < -0.3 is 9.47 Å². The topological polar surface area (TPSA) is 76.8 Å². The van der Waals surface area contributed by atoms with E-state index in [2.05, 4.69) is 17.2 Å². The number of rotatable bonds is 4. The Bertz CT molecular complexity index is 326. The van der Waals surface area contributed by atoms with Crippen molar-refractivity contribution in [2.45, 2.75) is 50.4 Å². The van der Waals surface area contributed by atoms with Crippen LogP contribution in [0.25, 0.3) is 0 Å². The Morgan fingerprint density at radius 1 is 1.58 bits per heavy atom. The van der Waals surface area contributed by atoms with E-state index in [-0.39, 0.29) is 23.7 Å². The number of carbonyl (C=O) groups is 1. The molecule has 3 unspecified atom stereocenters. The van der Waals surface area contributed by atoms with Gasteiger partial charge >= 0.3 is 0 Å². The number of piperidine rings is 1. The van der Waals surface area contributed by atoms with Crippen molar-refractivity contribution in [3.63, 3.8) is 0 Å². The van der Waals surface area contributed by atoms with Gasteiger partial charge in [-0.15, -0.1) is 0 Å². The van der Waals surface area contributed by atoms with Crippen LogP contribution in [0.4, 0.5) is 0 Å². The Morgan fingerprint density at radius 3 is 3.05 bits per heavy atom. The zero-order valence-corrected chi connectivity index (χ0v) is 11.9. The lowest BCUT2D eigenvalue weighted by Gasteiger charge is -2.40. The van der Waals surface area contributed by atoms with Crippen LogP contribution in [0.2, 0.25) is 0 Å². The van der Waals surface area contributed by atoms with E-state index in [0.717, 1.165) is 45.3 Å². The Balaban J connectivity index is 1.81. The molecule has 3 N–H and O–H groups in total. The number of nitrogens with zero attached hydrogens (tertiary/aromatic N) is 1. The summed E-state index contributed by atoms with van der Waals surface area (Å²) < 4.78 is 11.3. The molecule has 2 fully saturated rings. The quantitative estimate of drug-likeness (QED) is 0.428. The van der Waals surface area contributed by atoms with Crippen LogP contribution in [-0.4, -0.2) is 55.4 Å². The van der Waals surface area contributed by atoms with Gasteiger partial charge in [0.1, 0.15) is 6.10 Å². The molecule has 6 heteroatoms. The first kappa shape index (κ1) is 14.7. The van der Waals surface area contributed by atoms with Gasteiger partial charge in [0.2, 0.25) is 0 Å². The third-order valence-electron chi connectivity index (χ3n) is 4.23. The van der Waals surface area contributed by atoms with E-state index < -0.39 is 0 Å². The molecule has 0 aromatic carbocycles. The minimum Gasteiger partial charge on any atom is -0.377 e. The van der Waals surface area contributed by atoms with E-state index in [1.807, 2.05) is 0 Å². The molecule has 1 amide bonds. The predicted octanol–water partition coefficient (Wildman–Crippen LogP) is 0.0248. The largest absolute Gasteiger partial charge is 0.377 e. The highest BCUT2D eigenvalue weighted by Gasteiger charge is 2.35. The summed E-state index contributed by atoms with van der Waals surface area (Å²) in [5, 5.41) is 0. The van der Waals surface area contributed by atoms with Crippen molar-refractivity contribution >= 4 is 5.91 Å². The summed E-state index contributed by atoms with van der Waals surface area (Å²) in [5.74, 6) is 4.91. The van der Waals surface area contributed by atoms with Crippen LogP contribution in [0.5, 0.6) is 0 Å². The number of likely N-dealkylation sites (tertiary alicyclic amines) is 1. The third-order valence-corrected chi connectivity index (χ3v) is 4.23. The second-order valence-corrected chi connectivity index (χ2v) is 5.83. The summed E-state index contributed by atoms with van der Waals surface area (Å²) in [6, 6.07) is 0. The lowest BCUT2D eigenvalue weighted by atomic mass is 9.94. The van der Waals surface area contributed by atoms with Gasteiger partial charge in [0.25, 0.3) is 5.91 Å². The lowest BCUT2D eigenvalue weighted by Crippen LogP contribution is -2.49. The molecule has 0 spiro atoms. The first-order valence-electron chi connectivity index (χ1n) is 7.00. The summed E-state index contributed by atoms with van der Waals surface area (Å²) in [4.78, 5) is 13.8. The van der Waals surface area contributed by atoms with E-state index >= 15 is 0 Å². The van der Waals surface area contributed by atoms with Crippen molar-refractivity contribution in [2.75, 3.05) is 26.7 Å². The Kier molecular flexibility index (Phi) is 4.78. The first-order valence-corrected chi connectivity index (χ1v) is 7.00. The molecule has 2 aliphatic rings. The number of amides is 1. The van der Waals surface area contributed by atoms with E-state index in [1.165, 1.54) is 0 Å². The molecular formula is C13H25N3O3. The fourth-order valence-corrected chi connectivity index (χ4v) is 3.04. The highest BCUT2D eigenvalue weighted by atomic mass is 16.5. The molecule has 2 saturated heterocycles. The van der Waals surface area contributed by atoms with Crippen LogP contribution in [-0.2, 0) is 14.3 Å². The highest BCUT2D eigenvalue weighted by molar-refractivity contribution is 5.80. The van der Waals surface area contributed by atoms with E-state index in [1.54, 1.807) is 7.11 Å². The maximum absolute atomic E-state index is 11.4. The number of nitrogens with one attached hydrogen (secondary N) is 1. The Morgan fingerprint density at radius 2 is 2.37 bits per heavy atom. The molecular weight excluding hydrogens is 246 g/mol. The summed E-state index contributed by atoms with van der Waals surface area (Å²) >= 11 is 0. The smallest absolute Gasteiger partial charge is 0.263 e.